The Morgan fingerprint density at radius 2 is 1.97 bits per heavy atom. The number of allylic oxidation sites excluding steroid dienone is 1. The Labute approximate surface area is 183 Å². The van der Waals surface area contributed by atoms with E-state index in [4.69, 9.17) is 4.74 Å². The Kier molecular flexibility index (Phi) is 6.34. The topological polar surface area (TPSA) is 96.0 Å². The number of piperidine rings is 1. The lowest BCUT2D eigenvalue weighted by atomic mass is 9.71. The molecular formula is C23H33N3O5. The molecule has 0 aromatic heterocycles. The highest BCUT2D eigenvalue weighted by molar-refractivity contribution is 5.93. The molecule has 0 spiro atoms. The third kappa shape index (κ3) is 4.08. The fraction of sp³-hybridized carbons (Fsp3) is 0.739. The van der Waals surface area contributed by atoms with Crippen LogP contribution in [0.2, 0.25) is 0 Å². The summed E-state index contributed by atoms with van der Waals surface area (Å²) in [5, 5.41) is 2.90. The molecule has 3 heterocycles. The second-order valence-electron chi connectivity index (χ2n) is 9.14. The molecule has 2 atom stereocenters. The predicted molar refractivity (Wildman–Crippen MR) is 112 cm³/mol. The molecule has 0 saturated carbocycles. The van der Waals surface area contributed by atoms with Crippen molar-refractivity contribution in [3.05, 3.63) is 11.3 Å². The molecule has 170 valence electrons. The van der Waals surface area contributed by atoms with Gasteiger partial charge in [0.25, 0.3) is 0 Å². The molecule has 4 rings (SSSR count). The molecule has 0 aromatic rings. The molecular weight excluding hydrogens is 398 g/mol. The summed E-state index contributed by atoms with van der Waals surface area (Å²) in [5.41, 5.74) is 1.32. The predicted octanol–water partition coefficient (Wildman–Crippen LogP) is 1.74. The van der Waals surface area contributed by atoms with Gasteiger partial charge in [0.1, 0.15) is 5.41 Å². The van der Waals surface area contributed by atoms with E-state index in [1.165, 1.54) is 5.57 Å². The third-order valence-corrected chi connectivity index (χ3v) is 7.18. The number of hydrogen-bond acceptors (Lipinski definition) is 5. The normalized spacial score (nSPS) is 27.6. The van der Waals surface area contributed by atoms with Crippen molar-refractivity contribution in [1.82, 2.24) is 15.1 Å². The third-order valence-electron chi connectivity index (χ3n) is 7.18. The number of hydrogen-bond donors (Lipinski definition) is 1. The number of nitrogens with one attached hydrogen (secondary N) is 1. The van der Waals surface area contributed by atoms with Crippen molar-refractivity contribution in [3.63, 3.8) is 0 Å². The number of esters is 1. The van der Waals surface area contributed by atoms with Crippen LogP contribution in [-0.2, 0) is 23.9 Å². The minimum atomic E-state index is -0.777. The maximum Gasteiger partial charge on any atom is 0.318 e. The zero-order valence-electron chi connectivity index (χ0n) is 18.4. The molecule has 8 nitrogen and oxygen atoms in total. The van der Waals surface area contributed by atoms with Crippen LogP contribution in [0.3, 0.4) is 0 Å². The number of nitrogens with zero attached hydrogens (tertiary/aromatic N) is 2. The van der Waals surface area contributed by atoms with E-state index in [1.807, 2.05) is 4.90 Å². The van der Waals surface area contributed by atoms with E-state index < -0.39 is 11.3 Å². The van der Waals surface area contributed by atoms with Crippen molar-refractivity contribution < 1.29 is 23.9 Å². The summed E-state index contributed by atoms with van der Waals surface area (Å²) in [5.74, 6) is -0.782. The minimum Gasteiger partial charge on any atom is -0.465 e. The van der Waals surface area contributed by atoms with E-state index in [0.717, 1.165) is 37.9 Å². The van der Waals surface area contributed by atoms with Gasteiger partial charge < -0.3 is 19.9 Å². The smallest absolute Gasteiger partial charge is 0.318 e. The average Bonchev–Trinajstić information content (AvgIpc) is 3.34. The van der Waals surface area contributed by atoms with Crippen molar-refractivity contribution in [2.24, 2.45) is 11.3 Å². The van der Waals surface area contributed by atoms with Crippen molar-refractivity contribution >= 4 is 23.7 Å². The first-order valence-corrected chi connectivity index (χ1v) is 11.7. The zero-order chi connectivity index (χ0) is 22.0. The minimum absolute atomic E-state index is 0.0353. The summed E-state index contributed by atoms with van der Waals surface area (Å²) in [6.45, 7) is 4.64. The number of ether oxygens (including phenoxy) is 1. The monoisotopic (exact) mass is 431 g/mol. The summed E-state index contributed by atoms with van der Waals surface area (Å²) in [6, 6.07) is 0. The van der Waals surface area contributed by atoms with Crippen LogP contribution in [-0.4, -0.2) is 66.3 Å². The van der Waals surface area contributed by atoms with Gasteiger partial charge in [0.2, 0.25) is 17.7 Å². The fourth-order valence-corrected chi connectivity index (χ4v) is 5.79. The zero-order valence-corrected chi connectivity index (χ0v) is 18.4. The van der Waals surface area contributed by atoms with Crippen LogP contribution in [0.1, 0.15) is 64.7 Å². The maximum absolute atomic E-state index is 13.2. The molecule has 31 heavy (non-hydrogen) atoms. The molecule has 1 aliphatic carbocycles. The lowest BCUT2D eigenvalue weighted by molar-refractivity contribution is -0.161. The van der Waals surface area contributed by atoms with Crippen LogP contribution in [0.5, 0.6) is 0 Å². The lowest BCUT2D eigenvalue weighted by Crippen LogP contribution is -2.53. The van der Waals surface area contributed by atoms with Gasteiger partial charge in [-0.15, -0.1) is 0 Å². The Morgan fingerprint density at radius 3 is 2.71 bits per heavy atom. The maximum atomic E-state index is 13.2. The first-order chi connectivity index (χ1) is 15.0. The van der Waals surface area contributed by atoms with Crippen LogP contribution in [0.4, 0.5) is 0 Å². The highest BCUT2D eigenvalue weighted by Crippen LogP contribution is 2.55. The summed E-state index contributed by atoms with van der Waals surface area (Å²) in [6.07, 6.45) is 6.00. The van der Waals surface area contributed by atoms with Gasteiger partial charge >= 0.3 is 5.97 Å². The van der Waals surface area contributed by atoms with E-state index in [9.17, 15) is 19.2 Å². The van der Waals surface area contributed by atoms with Gasteiger partial charge in [-0.3, -0.25) is 19.2 Å². The van der Waals surface area contributed by atoms with Gasteiger partial charge in [-0.05, 0) is 57.4 Å². The van der Waals surface area contributed by atoms with Crippen LogP contribution in [0.15, 0.2) is 11.3 Å². The van der Waals surface area contributed by atoms with E-state index in [1.54, 1.807) is 11.8 Å². The van der Waals surface area contributed by atoms with E-state index in [2.05, 4.69) is 5.32 Å². The van der Waals surface area contributed by atoms with Gasteiger partial charge in [-0.25, -0.2) is 0 Å². The Morgan fingerprint density at radius 1 is 1.16 bits per heavy atom. The molecule has 2 saturated heterocycles. The molecule has 1 N–H and O–H groups in total. The number of likely N-dealkylation sites (tertiary alicyclic amines) is 1. The highest BCUT2D eigenvalue weighted by Gasteiger charge is 2.57. The lowest BCUT2D eigenvalue weighted by Gasteiger charge is -2.45. The summed E-state index contributed by atoms with van der Waals surface area (Å²) in [7, 11) is 0. The first-order valence-electron chi connectivity index (χ1n) is 11.7. The van der Waals surface area contributed by atoms with E-state index in [-0.39, 0.29) is 30.1 Å². The van der Waals surface area contributed by atoms with Crippen LogP contribution >= 0.6 is 0 Å². The van der Waals surface area contributed by atoms with Crippen molar-refractivity contribution in [2.75, 3.05) is 32.8 Å². The fourth-order valence-electron chi connectivity index (χ4n) is 5.79. The molecule has 4 aliphatic rings. The number of carbonyl (C=O) groups excluding carboxylic acids is 4. The SMILES string of the molecule is CCOC(=O)[C@@]12CCC3=C1N(CCC3)C(=O)[C@H](CC(=O)NCCCN1CCCC1=O)C2. The number of amides is 3. The van der Waals surface area contributed by atoms with Gasteiger partial charge in [0, 0.05) is 50.6 Å². The molecule has 3 aliphatic heterocycles. The van der Waals surface area contributed by atoms with Crippen molar-refractivity contribution in [1.29, 1.82) is 0 Å². The quantitative estimate of drug-likeness (QED) is 0.467. The Bertz CT molecular complexity index is 807. The van der Waals surface area contributed by atoms with Crippen LogP contribution in [0.25, 0.3) is 0 Å². The number of rotatable bonds is 8. The Balaban J connectivity index is 1.38. The second-order valence-corrected chi connectivity index (χ2v) is 9.14. The van der Waals surface area contributed by atoms with E-state index >= 15 is 0 Å². The molecule has 8 heteroatoms. The van der Waals surface area contributed by atoms with E-state index in [0.29, 0.717) is 51.9 Å². The standard InChI is InChI=1S/C23H33N3O5/c1-2-31-22(30)23-9-8-16-6-3-13-26(20(16)23)21(29)17(15-23)14-18(27)24-10-5-12-25-11-4-7-19(25)28/h17H,2-15H2,1H3,(H,24,27)/t17-,23-/m1/s1. The number of carbonyl (C=O) groups is 4. The summed E-state index contributed by atoms with van der Waals surface area (Å²) in [4.78, 5) is 54.1. The van der Waals surface area contributed by atoms with Gasteiger partial charge in [0.05, 0.1) is 6.61 Å². The second kappa shape index (κ2) is 9.01. The van der Waals surface area contributed by atoms with Gasteiger partial charge in [-0.1, -0.05) is 0 Å². The largest absolute Gasteiger partial charge is 0.465 e. The first kappa shape index (κ1) is 21.8. The molecule has 2 fully saturated rings. The van der Waals surface area contributed by atoms with Crippen molar-refractivity contribution in [3.8, 4) is 0 Å². The highest BCUT2D eigenvalue weighted by atomic mass is 16.5. The molecule has 0 radical (unpaired) electrons. The summed E-state index contributed by atoms with van der Waals surface area (Å²) < 4.78 is 5.43. The van der Waals surface area contributed by atoms with Crippen LogP contribution in [0, 0.1) is 11.3 Å². The molecule has 0 aromatic carbocycles. The molecule has 0 unspecified atom stereocenters. The Hall–Kier alpha value is -2.38. The van der Waals surface area contributed by atoms with Gasteiger partial charge in [-0.2, -0.15) is 0 Å². The molecule has 3 amide bonds. The van der Waals surface area contributed by atoms with Gasteiger partial charge in [0.15, 0.2) is 0 Å². The molecule has 0 bridgehead atoms. The van der Waals surface area contributed by atoms with Crippen LogP contribution < -0.4 is 5.32 Å². The van der Waals surface area contributed by atoms with Crippen molar-refractivity contribution in [2.45, 2.75) is 64.7 Å². The summed E-state index contributed by atoms with van der Waals surface area (Å²) >= 11 is 0. The average molecular weight is 432 g/mol.